The minimum absolute atomic E-state index is 0.0468. The number of ether oxygens (including phenoxy) is 1. The Balaban J connectivity index is 3.43. The van der Waals surface area contributed by atoms with Crippen LogP contribution < -0.4 is 0 Å². The molecular formula is C8H16O3. The van der Waals surface area contributed by atoms with Crippen molar-refractivity contribution in [1.82, 2.24) is 0 Å². The summed E-state index contributed by atoms with van der Waals surface area (Å²) in [6.45, 7) is 5.91. The van der Waals surface area contributed by atoms with Gasteiger partial charge in [-0.05, 0) is 6.92 Å². The number of aliphatic hydroxyl groups is 2. The second-order valence-electron chi connectivity index (χ2n) is 2.51. The highest BCUT2D eigenvalue weighted by Crippen LogP contribution is 2.02. The molecule has 0 heterocycles. The molecule has 0 aromatic heterocycles. The van der Waals surface area contributed by atoms with E-state index in [1.165, 1.54) is 0 Å². The molecule has 66 valence electrons. The summed E-state index contributed by atoms with van der Waals surface area (Å²) in [6.07, 6.45) is 1.11. The summed E-state index contributed by atoms with van der Waals surface area (Å²) in [7, 11) is 0. The molecule has 0 aliphatic carbocycles. The Hall–Kier alpha value is -0.380. The SMILES string of the molecule is C=CCOCC(CO)C(C)O. The van der Waals surface area contributed by atoms with E-state index < -0.39 is 6.10 Å². The van der Waals surface area contributed by atoms with Gasteiger partial charge in [-0.25, -0.2) is 0 Å². The summed E-state index contributed by atoms with van der Waals surface area (Å²) in [5, 5.41) is 17.8. The third-order valence-corrected chi connectivity index (χ3v) is 1.48. The Kier molecular flexibility index (Phi) is 6.12. The van der Waals surface area contributed by atoms with Crippen molar-refractivity contribution in [2.45, 2.75) is 13.0 Å². The van der Waals surface area contributed by atoms with Crippen LogP contribution in [0.3, 0.4) is 0 Å². The van der Waals surface area contributed by atoms with Gasteiger partial charge in [0, 0.05) is 5.92 Å². The highest BCUT2D eigenvalue weighted by molar-refractivity contribution is 4.67. The molecule has 0 rings (SSSR count). The van der Waals surface area contributed by atoms with Gasteiger partial charge in [0.15, 0.2) is 0 Å². The van der Waals surface area contributed by atoms with E-state index >= 15 is 0 Å². The summed E-state index contributed by atoms with van der Waals surface area (Å²) in [5.74, 6) is -0.185. The summed E-state index contributed by atoms with van der Waals surface area (Å²) < 4.78 is 5.06. The van der Waals surface area contributed by atoms with Gasteiger partial charge in [-0.2, -0.15) is 0 Å². The fourth-order valence-electron chi connectivity index (χ4n) is 0.647. The molecule has 2 atom stereocenters. The minimum atomic E-state index is -0.523. The molecule has 0 bridgehead atoms. The number of aliphatic hydroxyl groups excluding tert-OH is 2. The van der Waals surface area contributed by atoms with Crippen molar-refractivity contribution in [3.05, 3.63) is 12.7 Å². The molecule has 3 heteroatoms. The average Bonchev–Trinajstić information content (AvgIpc) is 1.97. The van der Waals surface area contributed by atoms with E-state index in [4.69, 9.17) is 14.9 Å². The van der Waals surface area contributed by atoms with Crippen LogP contribution in [0.2, 0.25) is 0 Å². The van der Waals surface area contributed by atoms with Gasteiger partial charge in [0.1, 0.15) is 0 Å². The van der Waals surface area contributed by atoms with Gasteiger partial charge in [-0.1, -0.05) is 6.08 Å². The van der Waals surface area contributed by atoms with E-state index in [9.17, 15) is 0 Å². The van der Waals surface area contributed by atoms with Gasteiger partial charge in [-0.3, -0.25) is 0 Å². The second kappa shape index (κ2) is 6.34. The quantitative estimate of drug-likeness (QED) is 0.430. The lowest BCUT2D eigenvalue weighted by molar-refractivity contribution is 0.0172. The van der Waals surface area contributed by atoms with E-state index in [1.807, 2.05) is 0 Å². The topological polar surface area (TPSA) is 49.7 Å². The molecule has 0 saturated heterocycles. The van der Waals surface area contributed by atoms with Crippen LogP contribution in [0, 0.1) is 5.92 Å². The van der Waals surface area contributed by atoms with Gasteiger partial charge in [0.25, 0.3) is 0 Å². The van der Waals surface area contributed by atoms with Crippen LogP contribution in [0.1, 0.15) is 6.92 Å². The van der Waals surface area contributed by atoms with E-state index in [0.29, 0.717) is 13.2 Å². The zero-order valence-electron chi connectivity index (χ0n) is 6.86. The lowest BCUT2D eigenvalue weighted by atomic mass is 10.1. The molecule has 2 unspecified atom stereocenters. The maximum atomic E-state index is 9.05. The van der Waals surface area contributed by atoms with Crippen LogP contribution >= 0.6 is 0 Å². The number of rotatable bonds is 6. The maximum Gasteiger partial charge on any atom is 0.0645 e. The van der Waals surface area contributed by atoms with Crippen molar-refractivity contribution in [2.24, 2.45) is 5.92 Å². The van der Waals surface area contributed by atoms with E-state index in [2.05, 4.69) is 6.58 Å². The summed E-state index contributed by atoms with van der Waals surface area (Å²) in [5.41, 5.74) is 0. The molecular weight excluding hydrogens is 144 g/mol. The monoisotopic (exact) mass is 160 g/mol. The fraction of sp³-hybridized carbons (Fsp3) is 0.750. The Morgan fingerprint density at radius 3 is 2.64 bits per heavy atom. The summed E-state index contributed by atoms with van der Waals surface area (Å²) in [6, 6.07) is 0. The molecule has 3 nitrogen and oxygen atoms in total. The third kappa shape index (κ3) is 4.95. The molecule has 0 saturated carbocycles. The van der Waals surface area contributed by atoms with Gasteiger partial charge in [-0.15, -0.1) is 6.58 Å². The fourth-order valence-corrected chi connectivity index (χ4v) is 0.647. The van der Waals surface area contributed by atoms with Crippen LogP contribution in [0.15, 0.2) is 12.7 Å². The van der Waals surface area contributed by atoms with Crippen LogP contribution in [-0.2, 0) is 4.74 Å². The molecule has 2 N–H and O–H groups in total. The van der Waals surface area contributed by atoms with E-state index in [1.54, 1.807) is 13.0 Å². The Labute approximate surface area is 67.3 Å². The van der Waals surface area contributed by atoms with Crippen LogP contribution in [0.5, 0.6) is 0 Å². The standard InChI is InChI=1S/C8H16O3/c1-3-4-11-6-8(5-9)7(2)10/h3,7-10H,1,4-6H2,2H3. The van der Waals surface area contributed by atoms with Gasteiger partial charge in [0.2, 0.25) is 0 Å². The summed E-state index contributed by atoms with van der Waals surface area (Å²) in [4.78, 5) is 0. The highest BCUT2D eigenvalue weighted by Gasteiger charge is 2.12. The van der Waals surface area contributed by atoms with Crippen molar-refractivity contribution >= 4 is 0 Å². The summed E-state index contributed by atoms with van der Waals surface area (Å²) >= 11 is 0. The van der Waals surface area contributed by atoms with Crippen molar-refractivity contribution in [3.63, 3.8) is 0 Å². The molecule has 0 aromatic rings. The van der Waals surface area contributed by atoms with Crippen molar-refractivity contribution in [3.8, 4) is 0 Å². The predicted octanol–water partition coefficient (Wildman–Crippen LogP) is 0.178. The molecule has 0 fully saturated rings. The highest BCUT2D eigenvalue weighted by atomic mass is 16.5. The predicted molar refractivity (Wildman–Crippen MR) is 43.3 cm³/mol. The van der Waals surface area contributed by atoms with E-state index in [-0.39, 0.29) is 12.5 Å². The van der Waals surface area contributed by atoms with Crippen molar-refractivity contribution in [2.75, 3.05) is 19.8 Å². The molecule has 0 spiro atoms. The molecule has 0 aliphatic rings. The number of hydrogen-bond acceptors (Lipinski definition) is 3. The van der Waals surface area contributed by atoms with Crippen molar-refractivity contribution in [1.29, 1.82) is 0 Å². The minimum Gasteiger partial charge on any atom is -0.396 e. The zero-order valence-corrected chi connectivity index (χ0v) is 6.86. The van der Waals surface area contributed by atoms with Gasteiger partial charge in [0.05, 0.1) is 25.9 Å². The molecule has 0 amide bonds. The first kappa shape index (κ1) is 10.6. The lowest BCUT2D eigenvalue weighted by Crippen LogP contribution is -2.25. The maximum absolute atomic E-state index is 9.05. The molecule has 0 radical (unpaired) electrons. The second-order valence-corrected chi connectivity index (χ2v) is 2.51. The molecule has 0 aromatic carbocycles. The Morgan fingerprint density at radius 1 is 1.64 bits per heavy atom. The molecule has 0 aliphatic heterocycles. The largest absolute Gasteiger partial charge is 0.396 e. The number of hydrogen-bond donors (Lipinski definition) is 2. The van der Waals surface area contributed by atoms with Crippen LogP contribution in [-0.4, -0.2) is 36.1 Å². The van der Waals surface area contributed by atoms with Crippen LogP contribution in [0.25, 0.3) is 0 Å². The van der Waals surface area contributed by atoms with Crippen molar-refractivity contribution < 1.29 is 14.9 Å². The normalized spacial score (nSPS) is 15.9. The Morgan fingerprint density at radius 2 is 2.27 bits per heavy atom. The van der Waals surface area contributed by atoms with Gasteiger partial charge < -0.3 is 14.9 Å². The average molecular weight is 160 g/mol. The Bertz CT molecular complexity index is 102. The first-order valence-electron chi connectivity index (χ1n) is 3.70. The zero-order chi connectivity index (χ0) is 8.69. The third-order valence-electron chi connectivity index (χ3n) is 1.48. The first-order chi connectivity index (χ1) is 5.22. The molecule has 11 heavy (non-hydrogen) atoms. The first-order valence-corrected chi connectivity index (χ1v) is 3.70. The lowest BCUT2D eigenvalue weighted by Gasteiger charge is -2.16. The van der Waals surface area contributed by atoms with Gasteiger partial charge >= 0.3 is 0 Å². The smallest absolute Gasteiger partial charge is 0.0645 e. The van der Waals surface area contributed by atoms with Crippen LogP contribution in [0.4, 0.5) is 0 Å². The van der Waals surface area contributed by atoms with E-state index in [0.717, 1.165) is 0 Å².